The van der Waals surface area contributed by atoms with Gasteiger partial charge in [-0.3, -0.25) is 4.79 Å². The van der Waals surface area contributed by atoms with E-state index in [-0.39, 0.29) is 5.91 Å². The number of amides is 1. The van der Waals surface area contributed by atoms with Gasteiger partial charge in [0.25, 0.3) is 0 Å². The molecule has 1 unspecified atom stereocenters. The smallest absolute Gasteiger partial charge is 0.220 e. The molecule has 2 N–H and O–H groups in total. The van der Waals surface area contributed by atoms with Gasteiger partial charge in [0.2, 0.25) is 5.91 Å². The molecule has 92 valence electrons. The maximum atomic E-state index is 11.4. The summed E-state index contributed by atoms with van der Waals surface area (Å²) in [6.07, 6.45) is 5.23. The number of nitrogens with one attached hydrogen (secondary N) is 2. The molecule has 4 heteroatoms. The summed E-state index contributed by atoms with van der Waals surface area (Å²) in [4.78, 5) is 13.7. The number of hydrogen-bond acceptors (Lipinski definition) is 3. The van der Waals surface area contributed by atoms with E-state index in [2.05, 4.69) is 22.6 Å². The Hall–Kier alpha value is -0.610. The maximum absolute atomic E-state index is 11.4. The molecule has 1 atom stereocenters. The average molecular weight is 225 g/mol. The van der Waals surface area contributed by atoms with Crippen LogP contribution in [0.5, 0.6) is 0 Å². The van der Waals surface area contributed by atoms with Crippen LogP contribution < -0.4 is 10.6 Å². The van der Waals surface area contributed by atoms with Crippen molar-refractivity contribution in [3.05, 3.63) is 0 Å². The molecule has 4 nitrogen and oxygen atoms in total. The van der Waals surface area contributed by atoms with Crippen LogP contribution in [0.2, 0.25) is 0 Å². The third-order valence-corrected chi connectivity index (χ3v) is 3.35. The van der Waals surface area contributed by atoms with E-state index in [0.29, 0.717) is 18.5 Å². The van der Waals surface area contributed by atoms with Gasteiger partial charge in [0.1, 0.15) is 0 Å². The van der Waals surface area contributed by atoms with E-state index in [9.17, 15) is 4.79 Å². The molecular weight excluding hydrogens is 202 g/mol. The van der Waals surface area contributed by atoms with Crippen LogP contribution in [-0.2, 0) is 4.79 Å². The van der Waals surface area contributed by atoms with E-state index in [1.54, 1.807) is 0 Å². The lowest BCUT2D eigenvalue weighted by Crippen LogP contribution is -2.33. The molecule has 0 bridgehead atoms. The summed E-state index contributed by atoms with van der Waals surface area (Å²) in [6, 6.07) is 1.14. The number of rotatable bonds is 6. The van der Waals surface area contributed by atoms with E-state index in [1.807, 2.05) is 0 Å². The van der Waals surface area contributed by atoms with Gasteiger partial charge in [0, 0.05) is 25.0 Å². The SMILES string of the molecule is CN1CCC(NCCCC(=O)NC2CC2)C1. The number of likely N-dealkylation sites (tertiary alicyclic amines) is 1. The fraction of sp³-hybridized carbons (Fsp3) is 0.917. The Labute approximate surface area is 97.8 Å². The van der Waals surface area contributed by atoms with Gasteiger partial charge in [-0.1, -0.05) is 0 Å². The van der Waals surface area contributed by atoms with Crippen LogP contribution in [0.3, 0.4) is 0 Å². The summed E-state index contributed by atoms with van der Waals surface area (Å²) < 4.78 is 0. The Morgan fingerprint density at radius 1 is 1.31 bits per heavy atom. The molecule has 1 saturated heterocycles. The summed E-state index contributed by atoms with van der Waals surface area (Å²) in [5.74, 6) is 0.229. The molecule has 2 fully saturated rings. The quantitative estimate of drug-likeness (QED) is 0.641. The summed E-state index contributed by atoms with van der Waals surface area (Å²) in [7, 11) is 2.16. The standard InChI is InChI=1S/C12H23N3O/c1-15-8-6-11(9-15)13-7-2-3-12(16)14-10-4-5-10/h10-11,13H,2-9H2,1H3,(H,14,16). The van der Waals surface area contributed by atoms with Crippen molar-refractivity contribution in [2.75, 3.05) is 26.7 Å². The maximum Gasteiger partial charge on any atom is 0.220 e. The minimum atomic E-state index is 0.229. The van der Waals surface area contributed by atoms with Gasteiger partial charge in [-0.15, -0.1) is 0 Å². The fourth-order valence-corrected chi connectivity index (χ4v) is 2.18. The van der Waals surface area contributed by atoms with Crippen LogP contribution in [0.15, 0.2) is 0 Å². The van der Waals surface area contributed by atoms with Gasteiger partial charge in [0.15, 0.2) is 0 Å². The monoisotopic (exact) mass is 225 g/mol. The zero-order chi connectivity index (χ0) is 11.4. The number of likely N-dealkylation sites (N-methyl/N-ethyl adjacent to an activating group) is 1. The van der Waals surface area contributed by atoms with Gasteiger partial charge in [0.05, 0.1) is 0 Å². The lowest BCUT2D eigenvalue weighted by Gasteiger charge is -2.12. The second-order valence-corrected chi connectivity index (χ2v) is 5.15. The van der Waals surface area contributed by atoms with Crippen LogP contribution in [0.1, 0.15) is 32.1 Å². The fourth-order valence-electron chi connectivity index (χ4n) is 2.18. The molecule has 0 spiro atoms. The van der Waals surface area contributed by atoms with Crippen molar-refractivity contribution in [3.63, 3.8) is 0 Å². The molecule has 0 aromatic heterocycles. The van der Waals surface area contributed by atoms with E-state index in [4.69, 9.17) is 0 Å². The second-order valence-electron chi connectivity index (χ2n) is 5.15. The van der Waals surface area contributed by atoms with Crippen LogP contribution in [-0.4, -0.2) is 49.6 Å². The molecule has 0 radical (unpaired) electrons. The zero-order valence-electron chi connectivity index (χ0n) is 10.2. The Bertz CT molecular complexity index is 240. The molecule has 1 heterocycles. The van der Waals surface area contributed by atoms with Crippen LogP contribution >= 0.6 is 0 Å². The lowest BCUT2D eigenvalue weighted by atomic mass is 10.2. The van der Waals surface area contributed by atoms with Gasteiger partial charge >= 0.3 is 0 Å². The molecule has 1 aliphatic heterocycles. The second kappa shape index (κ2) is 5.64. The van der Waals surface area contributed by atoms with Crippen molar-refractivity contribution in [1.29, 1.82) is 0 Å². The summed E-state index contributed by atoms with van der Waals surface area (Å²) in [6.45, 7) is 3.31. The normalized spacial score (nSPS) is 25.9. The van der Waals surface area contributed by atoms with Crippen molar-refractivity contribution < 1.29 is 4.79 Å². The highest BCUT2D eigenvalue weighted by molar-refractivity contribution is 5.76. The van der Waals surface area contributed by atoms with Gasteiger partial charge in [-0.25, -0.2) is 0 Å². The minimum absolute atomic E-state index is 0.229. The van der Waals surface area contributed by atoms with Crippen LogP contribution in [0.25, 0.3) is 0 Å². The number of hydrogen-bond donors (Lipinski definition) is 2. The predicted molar refractivity (Wildman–Crippen MR) is 64.3 cm³/mol. The van der Waals surface area contributed by atoms with Crippen molar-refractivity contribution in [1.82, 2.24) is 15.5 Å². The molecule has 1 aliphatic carbocycles. The highest BCUT2D eigenvalue weighted by Crippen LogP contribution is 2.18. The molecule has 0 aromatic rings. The highest BCUT2D eigenvalue weighted by Gasteiger charge is 2.23. The van der Waals surface area contributed by atoms with E-state index >= 15 is 0 Å². The highest BCUT2D eigenvalue weighted by atomic mass is 16.1. The number of carbonyl (C=O) groups is 1. The largest absolute Gasteiger partial charge is 0.353 e. The van der Waals surface area contributed by atoms with E-state index < -0.39 is 0 Å². The van der Waals surface area contributed by atoms with Crippen LogP contribution in [0.4, 0.5) is 0 Å². The minimum Gasteiger partial charge on any atom is -0.353 e. The Balaban J connectivity index is 1.46. The summed E-state index contributed by atoms with van der Waals surface area (Å²) >= 11 is 0. The molecule has 2 rings (SSSR count). The average Bonchev–Trinajstić information content (AvgIpc) is 2.95. The molecule has 1 amide bonds. The first kappa shape index (κ1) is 11.9. The van der Waals surface area contributed by atoms with E-state index in [0.717, 1.165) is 19.5 Å². The van der Waals surface area contributed by atoms with Crippen molar-refractivity contribution in [2.24, 2.45) is 0 Å². The molecular formula is C12H23N3O. The van der Waals surface area contributed by atoms with Crippen molar-refractivity contribution in [3.8, 4) is 0 Å². The molecule has 1 saturated carbocycles. The molecule has 2 aliphatic rings. The first-order chi connectivity index (χ1) is 7.74. The van der Waals surface area contributed by atoms with E-state index in [1.165, 1.54) is 25.8 Å². The van der Waals surface area contributed by atoms with Crippen LogP contribution in [0, 0.1) is 0 Å². The molecule has 16 heavy (non-hydrogen) atoms. The van der Waals surface area contributed by atoms with Gasteiger partial charge in [-0.05, 0) is 45.8 Å². The van der Waals surface area contributed by atoms with Gasteiger partial charge in [-0.2, -0.15) is 0 Å². The number of carbonyl (C=O) groups excluding carboxylic acids is 1. The zero-order valence-corrected chi connectivity index (χ0v) is 10.2. The lowest BCUT2D eigenvalue weighted by molar-refractivity contribution is -0.121. The van der Waals surface area contributed by atoms with Crippen molar-refractivity contribution >= 4 is 5.91 Å². The Morgan fingerprint density at radius 3 is 2.75 bits per heavy atom. The third kappa shape index (κ3) is 4.10. The first-order valence-corrected chi connectivity index (χ1v) is 6.45. The summed E-state index contributed by atoms with van der Waals surface area (Å²) in [5, 5.41) is 6.53. The predicted octanol–water partition coefficient (Wildman–Crippen LogP) is 0.339. The Morgan fingerprint density at radius 2 is 2.12 bits per heavy atom. The van der Waals surface area contributed by atoms with Gasteiger partial charge < -0.3 is 15.5 Å². The third-order valence-electron chi connectivity index (χ3n) is 3.35. The molecule has 0 aromatic carbocycles. The number of nitrogens with zero attached hydrogens (tertiary/aromatic N) is 1. The van der Waals surface area contributed by atoms with Crippen molar-refractivity contribution in [2.45, 2.75) is 44.2 Å². The Kier molecular flexibility index (Phi) is 4.18. The summed E-state index contributed by atoms with van der Waals surface area (Å²) in [5.41, 5.74) is 0. The first-order valence-electron chi connectivity index (χ1n) is 6.45. The topological polar surface area (TPSA) is 44.4 Å².